The largest absolute Gasteiger partial charge is 0.311 e. The summed E-state index contributed by atoms with van der Waals surface area (Å²) in [7, 11) is 0. The number of amides is 1. The van der Waals surface area contributed by atoms with Gasteiger partial charge in [-0.05, 0) is 34.5 Å². The monoisotopic (exact) mass is 341 g/mol. The Bertz CT molecular complexity index is 548. The molecule has 2 rings (SSSR count). The predicted molar refractivity (Wildman–Crippen MR) is 79.8 cm³/mol. The molecule has 0 radical (unpaired) electrons. The summed E-state index contributed by atoms with van der Waals surface area (Å²) in [6, 6.07) is 4.76. The highest BCUT2D eigenvalue weighted by Gasteiger charge is 2.33. The summed E-state index contributed by atoms with van der Waals surface area (Å²) in [6.45, 7) is 4.54. The molecule has 1 heterocycles. The number of carbonyl (C=O) groups is 1. The van der Waals surface area contributed by atoms with Gasteiger partial charge in [0.15, 0.2) is 0 Å². The van der Waals surface area contributed by atoms with Gasteiger partial charge in [0.05, 0.1) is 21.1 Å². The van der Waals surface area contributed by atoms with Crippen LogP contribution in [0.2, 0.25) is 0 Å². The molecule has 1 unspecified atom stereocenters. The Labute approximate surface area is 125 Å². The molecule has 1 N–H and O–H groups in total. The van der Waals surface area contributed by atoms with Crippen LogP contribution >= 0.6 is 15.9 Å². The number of hydrogen-bond acceptors (Lipinski definition) is 4. The number of nitrogens with zero attached hydrogens (tertiary/aromatic N) is 2. The van der Waals surface area contributed by atoms with Crippen LogP contribution < -0.4 is 10.2 Å². The van der Waals surface area contributed by atoms with Gasteiger partial charge in [0.25, 0.3) is 5.69 Å². The molecule has 0 spiro atoms. The van der Waals surface area contributed by atoms with Crippen molar-refractivity contribution in [1.29, 1.82) is 0 Å². The van der Waals surface area contributed by atoms with Gasteiger partial charge in [0.2, 0.25) is 5.91 Å². The molecule has 0 aromatic heterocycles. The first-order chi connectivity index (χ1) is 9.40. The van der Waals surface area contributed by atoms with Crippen LogP contribution in [0, 0.1) is 10.1 Å². The van der Waals surface area contributed by atoms with Crippen molar-refractivity contribution >= 4 is 33.2 Å². The van der Waals surface area contributed by atoms with Crippen LogP contribution in [0.15, 0.2) is 22.7 Å². The average molecular weight is 342 g/mol. The number of nitrogens with one attached hydrogen (secondary N) is 1. The first kappa shape index (κ1) is 14.9. The van der Waals surface area contributed by atoms with E-state index in [-0.39, 0.29) is 23.7 Å². The molecule has 20 heavy (non-hydrogen) atoms. The highest BCUT2D eigenvalue weighted by atomic mass is 79.9. The second-order valence-electron chi connectivity index (χ2n) is 5.05. The van der Waals surface area contributed by atoms with Gasteiger partial charge in [-0.15, -0.1) is 0 Å². The van der Waals surface area contributed by atoms with Crippen molar-refractivity contribution in [1.82, 2.24) is 5.32 Å². The van der Waals surface area contributed by atoms with Crippen LogP contribution in [0.25, 0.3) is 0 Å². The first-order valence-corrected chi connectivity index (χ1v) is 7.21. The number of rotatable bonds is 4. The van der Waals surface area contributed by atoms with E-state index in [1.165, 1.54) is 6.07 Å². The van der Waals surface area contributed by atoms with Gasteiger partial charge in [-0.1, -0.05) is 13.8 Å². The Balaban J connectivity index is 2.23. The zero-order valence-electron chi connectivity index (χ0n) is 11.3. The lowest BCUT2D eigenvalue weighted by molar-refractivity contribution is -0.385. The summed E-state index contributed by atoms with van der Waals surface area (Å²) in [4.78, 5) is 24.4. The number of halogens is 1. The molecule has 1 amide bonds. The van der Waals surface area contributed by atoms with Crippen LogP contribution in [0.4, 0.5) is 11.4 Å². The summed E-state index contributed by atoms with van der Waals surface area (Å²) in [5, 5.41) is 14.1. The molecule has 7 heteroatoms. The maximum absolute atomic E-state index is 12.3. The van der Waals surface area contributed by atoms with Gasteiger partial charge < -0.3 is 10.2 Å². The van der Waals surface area contributed by atoms with Crippen LogP contribution in [0.1, 0.15) is 20.3 Å². The molecule has 1 aliphatic rings. The molecular formula is C13H16BrN3O3. The van der Waals surface area contributed by atoms with Crippen molar-refractivity contribution in [3.8, 4) is 0 Å². The van der Waals surface area contributed by atoms with E-state index in [4.69, 9.17) is 0 Å². The average Bonchev–Trinajstić information content (AvgIpc) is 2.71. The minimum atomic E-state index is -0.460. The van der Waals surface area contributed by atoms with Crippen LogP contribution in [-0.4, -0.2) is 29.5 Å². The maximum atomic E-state index is 12.3. The fourth-order valence-electron chi connectivity index (χ4n) is 2.30. The second kappa shape index (κ2) is 5.88. The van der Waals surface area contributed by atoms with Crippen molar-refractivity contribution in [2.45, 2.75) is 32.4 Å². The molecule has 6 nitrogen and oxygen atoms in total. The molecule has 0 bridgehead atoms. The molecule has 1 aromatic carbocycles. The summed E-state index contributed by atoms with van der Waals surface area (Å²) in [6.07, 6.45) is 0.709. The smallest absolute Gasteiger partial charge is 0.285 e. The molecule has 108 valence electrons. The molecule has 1 aliphatic heterocycles. The highest BCUT2D eigenvalue weighted by molar-refractivity contribution is 9.10. The van der Waals surface area contributed by atoms with E-state index in [1.54, 1.807) is 17.0 Å². The van der Waals surface area contributed by atoms with E-state index < -0.39 is 4.92 Å². The van der Waals surface area contributed by atoms with Gasteiger partial charge in [0.1, 0.15) is 0 Å². The van der Waals surface area contributed by atoms with Crippen LogP contribution in [-0.2, 0) is 4.79 Å². The Morgan fingerprint density at radius 2 is 2.20 bits per heavy atom. The molecular weight excluding hydrogens is 326 g/mol. The number of anilines is 1. The quantitative estimate of drug-likeness (QED) is 0.674. The fourth-order valence-corrected chi connectivity index (χ4v) is 2.69. The van der Waals surface area contributed by atoms with Crippen molar-refractivity contribution in [2.24, 2.45) is 0 Å². The third-order valence-electron chi connectivity index (χ3n) is 3.18. The van der Waals surface area contributed by atoms with E-state index in [2.05, 4.69) is 21.2 Å². The molecule has 1 aromatic rings. The Morgan fingerprint density at radius 1 is 1.50 bits per heavy atom. The lowest BCUT2D eigenvalue weighted by Crippen LogP contribution is -2.41. The van der Waals surface area contributed by atoms with E-state index >= 15 is 0 Å². The number of carbonyl (C=O) groups excluding carboxylic acids is 1. The molecule has 1 fully saturated rings. The van der Waals surface area contributed by atoms with Gasteiger partial charge in [-0.2, -0.15) is 0 Å². The second-order valence-corrected chi connectivity index (χ2v) is 5.90. The van der Waals surface area contributed by atoms with E-state index in [0.717, 1.165) is 0 Å². The standard InChI is InChI=1S/C13H16BrN3O3/c1-8(2)15-11-5-6-16(13(11)18)9-3-4-10(14)12(7-9)17(19)20/h3-4,7-8,11,15H,5-6H2,1-2H3. The lowest BCUT2D eigenvalue weighted by Gasteiger charge is -2.18. The first-order valence-electron chi connectivity index (χ1n) is 6.41. The fraction of sp³-hybridized carbons (Fsp3) is 0.462. The van der Waals surface area contributed by atoms with Gasteiger partial charge in [-0.25, -0.2) is 0 Å². The zero-order chi connectivity index (χ0) is 14.9. The van der Waals surface area contributed by atoms with Gasteiger partial charge in [-0.3, -0.25) is 14.9 Å². The van der Waals surface area contributed by atoms with Crippen molar-refractivity contribution in [3.05, 3.63) is 32.8 Å². The minimum Gasteiger partial charge on any atom is -0.311 e. The number of nitro groups is 1. The van der Waals surface area contributed by atoms with Crippen LogP contribution in [0.3, 0.4) is 0 Å². The SMILES string of the molecule is CC(C)NC1CCN(c2ccc(Br)c([N+](=O)[O-])c2)C1=O. The summed E-state index contributed by atoms with van der Waals surface area (Å²) >= 11 is 3.14. The number of nitro benzene ring substituents is 1. The molecule has 0 aliphatic carbocycles. The zero-order valence-corrected chi connectivity index (χ0v) is 12.9. The normalized spacial score (nSPS) is 18.9. The molecule has 1 atom stereocenters. The van der Waals surface area contributed by atoms with Gasteiger partial charge >= 0.3 is 0 Å². The van der Waals surface area contributed by atoms with Gasteiger partial charge in [0, 0.05) is 18.7 Å². The van der Waals surface area contributed by atoms with E-state index in [9.17, 15) is 14.9 Å². The van der Waals surface area contributed by atoms with Crippen molar-refractivity contribution < 1.29 is 9.72 Å². The summed E-state index contributed by atoms with van der Waals surface area (Å²) < 4.78 is 0.412. The van der Waals surface area contributed by atoms with E-state index in [1.807, 2.05) is 13.8 Å². The van der Waals surface area contributed by atoms with Crippen LogP contribution in [0.5, 0.6) is 0 Å². The number of hydrogen-bond donors (Lipinski definition) is 1. The van der Waals surface area contributed by atoms with Crippen molar-refractivity contribution in [2.75, 3.05) is 11.4 Å². The molecule has 0 saturated carbocycles. The minimum absolute atomic E-state index is 0.0319. The topological polar surface area (TPSA) is 75.5 Å². The maximum Gasteiger partial charge on any atom is 0.285 e. The lowest BCUT2D eigenvalue weighted by atomic mass is 10.2. The Hall–Kier alpha value is -1.47. The number of benzene rings is 1. The third kappa shape index (κ3) is 2.99. The molecule has 1 saturated heterocycles. The third-order valence-corrected chi connectivity index (χ3v) is 3.85. The summed E-state index contributed by atoms with van der Waals surface area (Å²) in [5.41, 5.74) is 0.536. The van der Waals surface area contributed by atoms with E-state index in [0.29, 0.717) is 23.1 Å². The summed E-state index contributed by atoms with van der Waals surface area (Å²) in [5.74, 6) is -0.0321. The Kier molecular flexibility index (Phi) is 4.39. The predicted octanol–water partition coefficient (Wildman–Crippen LogP) is 2.46. The Morgan fingerprint density at radius 3 is 2.80 bits per heavy atom. The highest BCUT2D eigenvalue weighted by Crippen LogP contribution is 2.31. The van der Waals surface area contributed by atoms with Crippen molar-refractivity contribution in [3.63, 3.8) is 0 Å².